The Balaban J connectivity index is 1.59. The minimum atomic E-state index is -3.75. The van der Waals surface area contributed by atoms with E-state index in [4.69, 9.17) is 9.72 Å². The van der Waals surface area contributed by atoms with Gasteiger partial charge in [0, 0.05) is 44.8 Å². The molecule has 0 saturated carbocycles. The van der Waals surface area contributed by atoms with Crippen LogP contribution in [0.2, 0.25) is 0 Å². The summed E-state index contributed by atoms with van der Waals surface area (Å²) in [7, 11) is -3.75. The number of rotatable bonds is 13. The van der Waals surface area contributed by atoms with Gasteiger partial charge in [-0.3, -0.25) is 14.6 Å². The lowest BCUT2D eigenvalue weighted by atomic mass is 10.2. The van der Waals surface area contributed by atoms with Crippen LogP contribution in [0.1, 0.15) is 29.3 Å². The van der Waals surface area contributed by atoms with Gasteiger partial charge in [-0.15, -0.1) is 13.2 Å². The molecule has 2 heterocycles. The van der Waals surface area contributed by atoms with Crippen molar-refractivity contribution in [1.29, 1.82) is 0 Å². The number of hydrogen-bond acceptors (Lipinski definition) is 7. The Hall–Kier alpha value is -2.89. The van der Waals surface area contributed by atoms with Crippen LogP contribution in [0.15, 0.2) is 72.7 Å². The number of hydrogen-bond donors (Lipinski definition) is 0. The highest BCUT2D eigenvalue weighted by atomic mass is 32.2. The third-order valence-electron chi connectivity index (χ3n) is 6.69. The third-order valence-corrected chi connectivity index (χ3v) is 9.58. The SMILES string of the molecule is C=CCN(CC=C)S(=O)(=O)c1ccc(C(=O)N(CCCN2CCOCC2)c2nc3ccc(CC)cc3s2)cc1. The maximum absolute atomic E-state index is 13.8. The molecule has 1 aliphatic heterocycles. The van der Waals surface area contributed by atoms with Gasteiger partial charge in [-0.2, -0.15) is 4.31 Å². The van der Waals surface area contributed by atoms with Gasteiger partial charge in [0.05, 0.1) is 28.3 Å². The van der Waals surface area contributed by atoms with Crippen molar-refractivity contribution in [3.8, 4) is 0 Å². The maximum atomic E-state index is 13.8. The highest BCUT2D eigenvalue weighted by molar-refractivity contribution is 7.89. The average molecular weight is 569 g/mol. The van der Waals surface area contributed by atoms with Gasteiger partial charge in [-0.05, 0) is 54.8 Å². The number of amides is 1. The van der Waals surface area contributed by atoms with Crippen molar-refractivity contribution in [2.24, 2.45) is 0 Å². The van der Waals surface area contributed by atoms with Crippen molar-refractivity contribution in [2.75, 3.05) is 57.4 Å². The van der Waals surface area contributed by atoms with E-state index in [-0.39, 0.29) is 23.9 Å². The van der Waals surface area contributed by atoms with Gasteiger partial charge in [0.2, 0.25) is 10.0 Å². The molecular weight excluding hydrogens is 532 g/mol. The van der Waals surface area contributed by atoms with Gasteiger partial charge in [0.15, 0.2) is 5.13 Å². The van der Waals surface area contributed by atoms with Crippen LogP contribution in [-0.4, -0.2) is 81.0 Å². The fourth-order valence-electron chi connectivity index (χ4n) is 4.49. The molecule has 4 rings (SSSR count). The summed E-state index contributed by atoms with van der Waals surface area (Å²) >= 11 is 1.51. The van der Waals surface area contributed by atoms with E-state index in [1.807, 2.05) is 6.07 Å². The molecule has 39 heavy (non-hydrogen) atoms. The number of sulfonamides is 1. The third kappa shape index (κ3) is 7.01. The summed E-state index contributed by atoms with van der Waals surface area (Å²) < 4.78 is 34.0. The zero-order chi connectivity index (χ0) is 27.8. The van der Waals surface area contributed by atoms with Gasteiger partial charge in [0.1, 0.15) is 0 Å². The van der Waals surface area contributed by atoms with Crippen LogP contribution in [0.3, 0.4) is 0 Å². The second-order valence-corrected chi connectivity index (χ2v) is 12.3. The number of aromatic nitrogens is 1. The number of ether oxygens (including phenoxy) is 1. The van der Waals surface area contributed by atoms with E-state index in [2.05, 4.69) is 37.1 Å². The molecule has 0 N–H and O–H groups in total. The predicted octanol–water partition coefficient (Wildman–Crippen LogP) is 4.59. The lowest BCUT2D eigenvalue weighted by Crippen LogP contribution is -2.39. The molecule has 1 fully saturated rings. The summed E-state index contributed by atoms with van der Waals surface area (Å²) in [5.74, 6) is -0.204. The lowest BCUT2D eigenvalue weighted by molar-refractivity contribution is 0.0376. The fraction of sp³-hybridized carbons (Fsp3) is 0.379. The van der Waals surface area contributed by atoms with Crippen LogP contribution in [0.5, 0.6) is 0 Å². The van der Waals surface area contributed by atoms with E-state index in [1.54, 1.807) is 17.0 Å². The molecule has 0 atom stereocenters. The number of morpholine rings is 1. The zero-order valence-corrected chi connectivity index (χ0v) is 24.1. The normalized spacial score (nSPS) is 14.5. The van der Waals surface area contributed by atoms with Crippen molar-refractivity contribution in [3.63, 3.8) is 0 Å². The predicted molar refractivity (Wildman–Crippen MR) is 158 cm³/mol. The Morgan fingerprint density at radius 3 is 2.44 bits per heavy atom. The topological polar surface area (TPSA) is 83.1 Å². The van der Waals surface area contributed by atoms with Crippen LogP contribution in [0.4, 0.5) is 5.13 Å². The van der Waals surface area contributed by atoms with Crippen LogP contribution >= 0.6 is 11.3 Å². The Morgan fingerprint density at radius 1 is 1.10 bits per heavy atom. The number of thiazole rings is 1. The summed E-state index contributed by atoms with van der Waals surface area (Å²) in [5, 5.41) is 0.644. The van der Waals surface area contributed by atoms with Crippen molar-refractivity contribution >= 4 is 42.6 Å². The number of anilines is 1. The van der Waals surface area contributed by atoms with Gasteiger partial charge < -0.3 is 4.74 Å². The lowest BCUT2D eigenvalue weighted by Gasteiger charge is -2.27. The van der Waals surface area contributed by atoms with E-state index < -0.39 is 10.0 Å². The summed E-state index contributed by atoms with van der Waals surface area (Å²) in [6, 6.07) is 12.3. The maximum Gasteiger partial charge on any atom is 0.260 e. The Kier molecular flexibility index (Phi) is 10.0. The van der Waals surface area contributed by atoms with Crippen molar-refractivity contribution < 1.29 is 17.9 Å². The standard InChI is InChI=1S/C29H36N4O4S2/c1-4-14-32(15-5-2)39(35,36)25-11-9-24(10-12-25)28(34)33(17-7-16-31-18-20-37-21-19-31)29-30-26-13-8-23(6-3)22-27(26)38-29/h4-5,8-13,22H,1-2,6-7,14-21H2,3H3. The summed E-state index contributed by atoms with van der Waals surface area (Å²) in [4.78, 5) is 22.8. The van der Waals surface area contributed by atoms with E-state index in [0.29, 0.717) is 17.2 Å². The number of aryl methyl sites for hydroxylation is 1. The Labute approximate surface area is 235 Å². The van der Waals surface area contributed by atoms with E-state index in [0.717, 1.165) is 55.9 Å². The highest BCUT2D eigenvalue weighted by Gasteiger charge is 2.25. The molecule has 208 valence electrons. The van der Waals surface area contributed by atoms with E-state index in [1.165, 1.54) is 45.5 Å². The van der Waals surface area contributed by atoms with Crippen LogP contribution < -0.4 is 4.90 Å². The number of benzene rings is 2. The molecule has 1 aromatic heterocycles. The summed E-state index contributed by atoms with van der Waals surface area (Å²) in [6.07, 6.45) is 4.79. The van der Waals surface area contributed by atoms with Crippen LogP contribution in [-0.2, 0) is 21.2 Å². The first-order valence-electron chi connectivity index (χ1n) is 13.2. The van der Waals surface area contributed by atoms with Crippen molar-refractivity contribution in [3.05, 3.63) is 78.9 Å². The van der Waals surface area contributed by atoms with Crippen LogP contribution in [0.25, 0.3) is 10.2 Å². The minimum absolute atomic E-state index is 0.119. The first-order valence-corrected chi connectivity index (χ1v) is 15.5. The molecule has 1 amide bonds. The Morgan fingerprint density at radius 2 is 1.79 bits per heavy atom. The Bertz CT molecular complexity index is 1390. The van der Waals surface area contributed by atoms with Gasteiger partial charge >= 0.3 is 0 Å². The summed E-state index contributed by atoms with van der Waals surface area (Å²) in [6.45, 7) is 14.3. The summed E-state index contributed by atoms with van der Waals surface area (Å²) in [5.41, 5.74) is 2.50. The molecular formula is C29H36N4O4S2. The molecule has 0 bridgehead atoms. The number of carbonyl (C=O) groups is 1. The fourth-order valence-corrected chi connectivity index (χ4v) is 6.92. The smallest absolute Gasteiger partial charge is 0.260 e. The van der Waals surface area contributed by atoms with Gasteiger partial charge in [-0.1, -0.05) is 36.5 Å². The monoisotopic (exact) mass is 568 g/mol. The second kappa shape index (κ2) is 13.5. The van der Waals surface area contributed by atoms with E-state index >= 15 is 0 Å². The zero-order valence-electron chi connectivity index (χ0n) is 22.4. The number of nitrogens with zero attached hydrogens (tertiary/aromatic N) is 4. The van der Waals surface area contributed by atoms with Crippen molar-refractivity contribution in [1.82, 2.24) is 14.2 Å². The largest absolute Gasteiger partial charge is 0.379 e. The molecule has 1 saturated heterocycles. The molecule has 2 aromatic carbocycles. The van der Waals surface area contributed by atoms with Gasteiger partial charge in [0.25, 0.3) is 5.91 Å². The van der Waals surface area contributed by atoms with Gasteiger partial charge in [-0.25, -0.2) is 13.4 Å². The first-order chi connectivity index (χ1) is 18.9. The molecule has 10 heteroatoms. The molecule has 0 radical (unpaired) electrons. The quantitative estimate of drug-likeness (QED) is 0.281. The molecule has 0 spiro atoms. The number of fused-ring (bicyclic) bond motifs is 1. The molecule has 0 aliphatic carbocycles. The highest BCUT2D eigenvalue weighted by Crippen LogP contribution is 2.31. The molecule has 3 aromatic rings. The molecule has 8 nitrogen and oxygen atoms in total. The second-order valence-electron chi connectivity index (χ2n) is 9.34. The van der Waals surface area contributed by atoms with Crippen molar-refractivity contribution in [2.45, 2.75) is 24.7 Å². The number of carbonyl (C=O) groups excluding carboxylic acids is 1. The van der Waals surface area contributed by atoms with Crippen LogP contribution in [0, 0.1) is 0 Å². The average Bonchev–Trinajstić information content (AvgIpc) is 3.38. The molecule has 1 aliphatic rings. The first kappa shape index (κ1) is 29.1. The minimum Gasteiger partial charge on any atom is -0.379 e. The molecule has 0 unspecified atom stereocenters. The van der Waals surface area contributed by atoms with E-state index in [9.17, 15) is 13.2 Å².